The molecule has 7 heteroatoms. The molecule has 0 saturated carbocycles. The summed E-state index contributed by atoms with van der Waals surface area (Å²) < 4.78 is 5.49. The van der Waals surface area contributed by atoms with Crippen molar-refractivity contribution in [3.8, 4) is 17.1 Å². The Morgan fingerprint density at radius 2 is 1.96 bits per heavy atom. The molecule has 2 aromatic heterocycles. The largest absolute Gasteiger partial charge is 0.475 e. The standard InChI is InChI=1S/C18H18N4O2S/c1-13-4-6-14(7-5-13)15-8-9-16(22-21-15)24-11-10-19-18(23)20-17-3-2-12-25-17/h2-9,12H,10-11H2,1H3,(H2,19,20,23). The number of thiophene rings is 1. The molecule has 0 radical (unpaired) electrons. The SMILES string of the molecule is Cc1ccc(-c2ccc(OCCNC(=O)Nc3cccs3)nn2)cc1. The quantitative estimate of drug-likeness (QED) is 0.662. The maximum Gasteiger partial charge on any atom is 0.319 e. The lowest BCUT2D eigenvalue weighted by molar-refractivity contribution is 0.246. The number of amides is 2. The zero-order valence-electron chi connectivity index (χ0n) is 13.7. The average molecular weight is 354 g/mol. The van der Waals surface area contributed by atoms with Crippen molar-refractivity contribution in [2.45, 2.75) is 6.92 Å². The van der Waals surface area contributed by atoms with E-state index in [0.717, 1.165) is 16.3 Å². The molecule has 2 amide bonds. The fraction of sp³-hybridized carbons (Fsp3) is 0.167. The first-order chi connectivity index (χ1) is 12.2. The van der Waals surface area contributed by atoms with Gasteiger partial charge in [0.1, 0.15) is 6.61 Å². The third-order valence-electron chi connectivity index (χ3n) is 3.38. The van der Waals surface area contributed by atoms with Gasteiger partial charge in [0.05, 0.1) is 17.2 Å². The molecule has 1 aromatic carbocycles. The second-order valence-corrected chi connectivity index (χ2v) is 6.28. The van der Waals surface area contributed by atoms with Crippen LogP contribution in [0, 0.1) is 6.92 Å². The van der Waals surface area contributed by atoms with E-state index in [2.05, 4.69) is 20.8 Å². The number of carbonyl (C=O) groups excluding carboxylic acids is 1. The Morgan fingerprint density at radius 1 is 1.12 bits per heavy atom. The van der Waals surface area contributed by atoms with Crippen LogP contribution < -0.4 is 15.4 Å². The van der Waals surface area contributed by atoms with Crippen molar-refractivity contribution in [1.82, 2.24) is 15.5 Å². The molecular weight excluding hydrogens is 336 g/mol. The number of nitrogens with zero attached hydrogens (tertiary/aromatic N) is 2. The molecule has 2 N–H and O–H groups in total. The molecule has 0 aliphatic carbocycles. The van der Waals surface area contributed by atoms with Crippen LogP contribution in [0.1, 0.15) is 5.56 Å². The summed E-state index contributed by atoms with van der Waals surface area (Å²) in [7, 11) is 0. The Labute approximate surface area is 149 Å². The van der Waals surface area contributed by atoms with Gasteiger partial charge in [-0.3, -0.25) is 5.32 Å². The molecule has 3 rings (SSSR count). The minimum Gasteiger partial charge on any atom is -0.475 e. The first-order valence-electron chi connectivity index (χ1n) is 7.82. The minimum atomic E-state index is -0.258. The normalized spacial score (nSPS) is 10.3. The molecule has 0 unspecified atom stereocenters. The van der Waals surface area contributed by atoms with Crippen LogP contribution in [0.4, 0.5) is 9.80 Å². The highest BCUT2D eigenvalue weighted by molar-refractivity contribution is 7.14. The number of urea groups is 1. The van der Waals surface area contributed by atoms with E-state index in [1.165, 1.54) is 16.9 Å². The number of hydrogen-bond acceptors (Lipinski definition) is 5. The molecule has 25 heavy (non-hydrogen) atoms. The Balaban J connectivity index is 1.43. The van der Waals surface area contributed by atoms with Crippen LogP contribution in [0.2, 0.25) is 0 Å². The second-order valence-electron chi connectivity index (χ2n) is 5.33. The van der Waals surface area contributed by atoms with Gasteiger partial charge in [0.25, 0.3) is 0 Å². The number of hydrogen-bond donors (Lipinski definition) is 2. The van der Waals surface area contributed by atoms with E-state index in [1.54, 1.807) is 6.07 Å². The molecule has 0 saturated heterocycles. The molecule has 0 aliphatic rings. The summed E-state index contributed by atoms with van der Waals surface area (Å²) in [4.78, 5) is 11.6. The maximum atomic E-state index is 11.6. The number of aryl methyl sites for hydroxylation is 1. The third kappa shape index (κ3) is 5.02. The highest BCUT2D eigenvalue weighted by Crippen LogP contribution is 2.18. The van der Waals surface area contributed by atoms with Crippen LogP contribution in [-0.4, -0.2) is 29.4 Å². The highest BCUT2D eigenvalue weighted by atomic mass is 32.1. The number of nitrogens with one attached hydrogen (secondary N) is 2. The number of carbonyl (C=O) groups is 1. The first-order valence-corrected chi connectivity index (χ1v) is 8.70. The lowest BCUT2D eigenvalue weighted by atomic mass is 10.1. The molecule has 0 fully saturated rings. The number of rotatable bonds is 6. The van der Waals surface area contributed by atoms with Crippen LogP contribution in [0.25, 0.3) is 11.3 Å². The first kappa shape index (κ1) is 16.9. The van der Waals surface area contributed by atoms with E-state index in [9.17, 15) is 4.79 Å². The number of anilines is 1. The van der Waals surface area contributed by atoms with Gasteiger partial charge in [0.2, 0.25) is 5.88 Å². The highest BCUT2D eigenvalue weighted by Gasteiger charge is 2.04. The van der Waals surface area contributed by atoms with Gasteiger partial charge < -0.3 is 10.1 Å². The van der Waals surface area contributed by atoms with Crippen molar-refractivity contribution >= 4 is 22.4 Å². The zero-order chi connectivity index (χ0) is 17.5. The van der Waals surface area contributed by atoms with E-state index in [4.69, 9.17) is 4.74 Å². The van der Waals surface area contributed by atoms with Gasteiger partial charge in [-0.05, 0) is 30.5 Å². The average Bonchev–Trinajstić information content (AvgIpc) is 3.13. The van der Waals surface area contributed by atoms with Crippen molar-refractivity contribution < 1.29 is 9.53 Å². The number of aromatic nitrogens is 2. The van der Waals surface area contributed by atoms with E-state index in [0.29, 0.717) is 19.0 Å². The van der Waals surface area contributed by atoms with E-state index < -0.39 is 0 Å². The Kier molecular flexibility index (Phi) is 5.58. The Bertz CT molecular complexity index is 802. The summed E-state index contributed by atoms with van der Waals surface area (Å²) in [6, 6.07) is 15.2. The topological polar surface area (TPSA) is 76.1 Å². The van der Waals surface area contributed by atoms with Crippen molar-refractivity contribution in [1.29, 1.82) is 0 Å². The Hall–Kier alpha value is -2.93. The van der Waals surface area contributed by atoms with Gasteiger partial charge in [-0.15, -0.1) is 21.5 Å². The van der Waals surface area contributed by atoms with E-state index >= 15 is 0 Å². The summed E-state index contributed by atoms with van der Waals surface area (Å²) in [5.41, 5.74) is 3.00. The third-order valence-corrected chi connectivity index (χ3v) is 4.17. The van der Waals surface area contributed by atoms with Crippen LogP contribution in [-0.2, 0) is 0 Å². The van der Waals surface area contributed by atoms with Crippen LogP contribution in [0.5, 0.6) is 5.88 Å². The molecular formula is C18H18N4O2S. The fourth-order valence-corrected chi connectivity index (χ4v) is 2.71. The number of benzene rings is 1. The minimum absolute atomic E-state index is 0.258. The molecule has 6 nitrogen and oxygen atoms in total. The molecule has 0 atom stereocenters. The van der Waals surface area contributed by atoms with Crippen molar-refractivity contribution in [3.63, 3.8) is 0 Å². The smallest absolute Gasteiger partial charge is 0.319 e. The van der Waals surface area contributed by atoms with Crippen LogP contribution >= 0.6 is 11.3 Å². The predicted octanol–water partition coefficient (Wildman–Crippen LogP) is 3.71. The van der Waals surface area contributed by atoms with Gasteiger partial charge in [0.15, 0.2) is 0 Å². The predicted molar refractivity (Wildman–Crippen MR) is 99.0 cm³/mol. The molecule has 0 aliphatic heterocycles. The molecule has 3 aromatic rings. The summed E-state index contributed by atoms with van der Waals surface area (Å²) in [5, 5.41) is 16.4. The molecule has 0 spiro atoms. The Morgan fingerprint density at radius 3 is 2.64 bits per heavy atom. The van der Waals surface area contributed by atoms with Gasteiger partial charge >= 0.3 is 6.03 Å². The van der Waals surface area contributed by atoms with Gasteiger partial charge in [-0.2, -0.15) is 0 Å². The maximum absolute atomic E-state index is 11.6. The number of ether oxygens (including phenoxy) is 1. The van der Waals surface area contributed by atoms with Crippen molar-refractivity contribution in [3.05, 3.63) is 59.5 Å². The zero-order valence-corrected chi connectivity index (χ0v) is 14.5. The fourth-order valence-electron chi connectivity index (χ4n) is 2.10. The summed E-state index contributed by atoms with van der Waals surface area (Å²) >= 11 is 1.47. The van der Waals surface area contributed by atoms with E-state index in [1.807, 2.05) is 54.8 Å². The van der Waals surface area contributed by atoms with Gasteiger partial charge in [0, 0.05) is 11.6 Å². The summed E-state index contributed by atoms with van der Waals surface area (Å²) in [6.45, 7) is 2.73. The molecule has 128 valence electrons. The van der Waals surface area contributed by atoms with Gasteiger partial charge in [-0.25, -0.2) is 4.79 Å². The van der Waals surface area contributed by atoms with Crippen molar-refractivity contribution in [2.75, 3.05) is 18.5 Å². The van der Waals surface area contributed by atoms with Gasteiger partial charge in [-0.1, -0.05) is 29.8 Å². The molecule has 0 bridgehead atoms. The second kappa shape index (κ2) is 8.25. The van der Waals surface area contributed by atoms with Crippen LogP contribution in [0.3, 0.4) is 0 Å². The summed E-state index contributed by atoms with van der Waals surface area (Å²) in [5.74, 6) is 0.427. The lowest BCUT2D eigenvalue weighted by Gasteiger charge is -2.07. The van der Waals surface area contributed by atoms with E-state index in [-0.39, 0.29) is 6.03 Å². The van der Waals surface area contributed by atoms with Crippen LogP contribution in [0.15, 0.2) is 53.9 Å². The lowest BCUT2D eigenvalue weighted by Crippen LogP contribution is -2.32. The monoisotopic (exact) mass is 354 g/mol. The molecule has 2 heterocycles. The van der Waals surface area contributed by atoms with Crippen molar-refractivity contribution in [2.24, 2.45) is 0 Å². The summed E-state index contributed by atoms with van der Waals surface area (Å²) in [6.07, 6.45) is 0.